The predicted molar refractivity (Wildman–Crippen MR) is 84.3 cm³/mol. The molecule has 8 heteroatoms. The lowest BCUT2D eigenvalue weighted by atomic mass is 10.1. The van der Waals surface area contributed by atoms with Crippen LogP contribution < -0.4 is 9.47 Å². The van der Waals surface area contributed by atoms with E-state index in [1.165, 1.54) is 29.2 Å². The second kappa shape index (κ2) is 7.41. The molecular weight excluding hydrogens is 339 g/mol. The van der Waals surface area contributed by atoms with E-state index >= 15 is 0 Å². The van der Waals surface area contributed by atoms with Crippen molar-refractivity contribution in [3.63, 3.8) is 0 Å². The van der Waals surface area contributed by atoms with Crippen LogP contribution in [0.1, 0.15) is 40.0 Å². The average Bonchev–Trinajstić information content (AvgIpc) is 2.46. The van der Waals surface area contributed by atoms with Gasteiger partial charge in [-0.25, -0.2) is 4.79 Å². The lowest BCUT2D eigenvalue weighted by Gasteiger charge is -2.36. The average molecular weight is 361 g/mol. The number of amides is 1. The maximum absolute atomic E-state index is 12.3. The van der Waals surface area contributed by atoms with Gasteiger partial charge >= 0.3 is 12.5 Å². The van der Waals surface area contributed by atoms with E-state index < -0.39 is 24.3 Å². The van der Waals surface area contributed by atoms with Gasteiger partial charge in [0.25, 0.3) is 0 Å². The Balaban J connectivity index is 2.02. The Kier molecular flexibility index (Phi) is 5.69. The highest BCUT2D eigenvalue weighted by molar-refractivity contribution is 5.68. The second-order valence-corrected chi connectivity index (χ2v) is 6.76. The third-order valence-electron chi connectivity index (χ3n) is 3.41. The number of piperidine rings is 1. The van der Waals surface area contributed by atoms with Gasteiger partial charge in [0, 0.05) is 13.0 Å². The summed E-state index contributed by atoms with van der Waals surface area (Å²) in [5.41, 5.74) is -0.615. The van der Waals surface area contributed by atoms with Gasteiger partial charge in [-0.15, -0.1) is 13.2 Å². The molecular formula is C17H22F3NO4. The highest BCUT2D eigenvalue weighted by Crippen LogP contribution is 2.27. The van der Waals surface area contributed by atoms with Gasteiger partial charge in [0.1, 0.15) is 17.1 Å². The largest absolute Gasteiger partial charge is 0.573 e. The minimum absolute atomic E-state index is 0.326. The smallest absolute Gasteiger partial charge is 0.470 e. The molecule has 1 atom stereocenters. The van der Waals surface area contributed by atoms with Crippen molar-refractivity contribution in [2.75, 3.05) is 6.54 Å². The van der Waals surface area contributed by atoms with E-state index in [9.17, 15) is 18.0 Å². The number of hydrogen-bond donors (Lipinski definition) is 0. The van der Waals surface area contributed by atoms with Crippen LogP contribution in [-0.2, 0) is 4.74 Å². The third-order valence-corrected chi connectivity index (χ3v) is 3.41. The highest BCUT2D eigenvalue weighted by Gasteiger charge is 2.32. The zero-order valence-corrected chi connectivity index (χ0v) is 14.4. The van der Waals surface area contributed by atoms with Gasteiger partial charge in [0.05, 0.1) is 0 Å². The number of alkyl halides is 3. The molecule has 1 aliphatic heterocycles. The lowest BCUT2D eigenvalue weighted by Crippen LogP contribution is -2.48. The van der Waals surface area contributed by atoms with Gasteiger partial charge in [-0.05, 0) is 57.9 Å². The first-order chi connectivity index (χ1) is 11.5. The van der Waals surface area contributed by atoms with Crippen molar-refractivity contribution in [1.29, 1.82) is 0 Å². The summed E-state index contributed by atoms with van der Waals surface area (Å²) in [6.45, 7) is 5.85. The fraction of sp³-hybridized carbons (Fsp3) is 0.588. The molecule has 0 N–H and O–H groups in total. The van der Waals surface area contributed by atoms with E-state index in [1.54, 1.807) is 20.8 Å². The Labute approximate surface area is 144 Å². The maximum atomic E-state index is 12.3. The van der Waals surface area contributed by atoms with Crippen molar-refractivity contribution >= 4 is 6.09 Å². The minimum atomic E-state index is -4.74. The van der Waals surface area contributed by atoms with Crippen molar-refractivity contribution < 1.29 is 32.2 Å². The number of rotatable bonds is 3. The number of carbonyl (C=O) groups excluding carboxylic acids is 1. The molecule has 1 fully saturated rings. The highest BCUT2D eigenvalue weighted by atomic mass is 19.4. The number of benzene rings is 1. The van der Waals surface area contributed by atoms with Gasteiger partial charge in [-0.1, -0.05) is 0 Å². The summed E-state index contributed by atoms with van der Waals surface area (Å²) in [6.07, 6.45) is -3.36. The first-order valence-electron chi connectivity index (χ1n) is 8.06. The zero-order chi connectivity index (χ0) is 18.7. The van der Waals surface area contributed by atoms with Crippen LogP contribution in [0.2, 0.25) is 0 Å². The molecule has 1 saturated heterocycles. The fourth-order valence-corrected chi connectivity index (χ4v) is 2.43. The molecule has 0 aliphatic carbocycles. The molecule has 1 amide bonds. The summed E-state index contributed by atoms with van der Waals surface area (Å²) in [4.78, 5) is 13.8. The topological polar surface area (TPSA) is 48.0 Å². The fourth-order valence-electron chi connectivity index (χ4n) is 2.43. The number of ether oxygens (including phenoxy) is 3. The monoisotopic (exact) mass is 361 g/mol. The molecule has 0 bridgehead atoms. The molecule has 0 aromatic heterocycles. The van der Waals surface area contributed by atoms with Crippen LogP contribution in [0.4, 0.5) is 18.0 Å². The van der Waals surface area contributed by atoms with Gasteiger partial charge in [0.2, 0.25) is 0 Å². The van der Waals surface area contributed by atoms with E-state index in [1.807, 2.05) is 0 Å². The normalized spacial score (nSPS) is 18.6. The number of likely N-dealkylation sites (tertiary alicyclic amines) is 1. The molecule has 2 rings (SSSR count). The Morgan fingerprint density at radius 3 is 2.24 bits per heavy atom. The maximum Gasteiger partial charge on any atom is 0.573 e. The van der Waals surface area contributed by atoms with Crippen molar-refractivity contribution in [1.82, 2.24) is 4.90 Å². The second-order valence-electron chi connectivity index (χ2n) is 6.76. The first kappa shape index (κ1) is 19.2. The summed E-state index contributed by atoms with van der Waals surface area (Å²) >= 11 is 0. The molecule has 0 radical (unpaired) electrons. The van der Waals surface area contributed by atoms with Gasteiger partial charge in [-0.3, -0.25) is 4.90 Å². The molecule has 0 spiro atoms. The minimum Gasteiger partial charge on any atom is -0.470 e. The molecule has 5 nitrogen and oxygen atoms in total. The summed E-state index contributed by atoms with van der Waals surface area (Å²) in [6, 6.07) is 5.10. The molecule has 1 aliphatic rings. The summed E-state index contributed by atoms with van der Waals surface area (Å²) in [5, 5.41) is 0. The Hall–Kier alpha value is -2.12. The van der Waals surface area contributed by atoms with Crippen LogP contribution >= 0.6 is 0 Å². The van der Waals surface area contributed by atoms with Gasteiger partial charge < -0.3 is 14.2 Å². The molecule has 25 heavy (non-hydrogen) atoms. The van der Waals surface area contributed by atoms with E-state index in [0.29, 0.717) is 18.7 Å². The Bertz CT molecular complexity index is 581. The molecule has 0 saturated carbocycles. The van der Waals surface area contributed by atoms with Crippen LogP contribution in [0.5, 0.6) is 11.5 Å². The van der Waals surface area contributed by atoms with E-state index in [0.717, 1.165) is 12.8 Å². The van der Waals surface area contributed by atoms with Crippen molar-refractivity contribution in [3.8, 4) is 11.5 Å². The third kappa shape index (κ3) is 6.36. The first-order valence-corrected chi connectivity index (χ1v) is 8.06. The number of hydrogen-bond acceptors (Lipinski definition) is 4. The van der Waals surface area contributed by atoms with E-state index in [-0.39, 0.29) is 5.75 Å². The number of carbonyl (C=O) groups is 1. The molecule has 140 valence electrons. The Morgan fingerprint density at radius 1 is 1.08 bits per heavy atom. The molecule has 1 aromatic carbocycles. The Morgan fingerprint density at radius 2 is 1.68 bits per heavy atom. The number of nitrogens with zero attached hydrogens (tertiary/aromatic N) is 1. The SMILES string of the molecule is CC(C)(C)OC(=O)N1CCCCC1Oc1ccc(OC(F)(F)F)cc1. The summed E-state index contributed by atoms with van der Waals surface area (Å²) < 4.78 is 51.5. The van der Waals surface area contributed by atoms with Crippen LogP contribution in [0.15, 0.2) is 24.3 Å². The lowest BCUT2D eigenvalue weighted by molar-refractivity contribution is -0.274. The molecule has 1 aromatic rings. The molecule has 1 heterocycles. The van der Waals surface area contributed by atoms with Gasteiger partial charge in [-0.2, -0.15) is 0 Å². The van der Waals surface area contributed by atoms with Crippen LogP contribution in [0.3, 0.4) is 0 Å². The van der Waals surface area contributed by atoms with E-state index in [4.69, 9.17) is 9.47 Å². The summed E-state index contributed by atoms with van der Waals surface area (Å²) in [7, 11) is 0. The quantitative estimate of drug-likeness (QED) is 0.782. The number of halogens is 3. The van der Waals surface area contributed by atoms with Crippen molar-refractivity contribution in [2.24, 2.45) is 0 Å². The van der Waals surface area contributed by atoms with Crippen LogP contribution in [-0.4, -0.2) is 35.7 Å². The van der Waals surface area contributed by atoms with Crippen LogP contribution in [0.25, 0.3) is 0 Å². The van der Waals surface area contributed by atoms with Gasteiger partial charge in [0.15, 0.2) is 6.23 Å². The summed E-state index contributed by atoms with van der Waals surface area (Å²) in [5.74, 6) is 0.0301. The van der Waals surface area contributed by atoms with E-state index in [2.05, 4.69) is 4.74 Å². The van der Waals surface area contributed by atoms with Crippen molar-refractivity contribution in [2.45, 2.75) is 58.2 Å². The van der Waals surface area contributed by atoms with Crippen LogP contribution in [0, 0.1) is 0 Å². The zero-order valence-electron chi connectivity index (χ0n) is 14.4. The predicted octanol–water partition coefficient (Wildman–Crippen LogP) is 4.71. The molecule has 1 unspecified atom stereocenters. The standard InChI is InChI=1S/C17H22F3NO4/c1-16(2,3)25-15(22)21-11-5-4-6-14(21)23-12-7-9-13(10-8-12)24-17(18,19)20/h7-10,14H,4-6,11H2,1-3H3. The van der Waals surface area contributed by atoms with Crippen molar-refractivity contribution in [3.05, 3.63) is 24.3 Å².